The Balaban J connectivity index is 1.37. The topological polar surface area (TPSA) is 75.1 Å². The molecule has 32 heavy (non-hydrogen) atoms. The average molecular weight is 440 g/mol. The highest BCUT2D eigenvalue weighted by Crippen LogP contribution is 2.31. The summed E-state index contributed by atoms with van der Waals surface area (Å²) in [5.41, 5.74) is 2.58. The van der Waals surface area contributed by atoms with Crippen LogP contribution in [-0.4, -0.2) is 57.6 Å². The van der Waals surface area contributed by atoms with E-state index in [1.54, 1.807) is 7.05 Å². The highest BCUT2D eigenvalue weighted by molar-refractivity contribution is 5.79. The molecule has 174 valence electrons. The summed E-state index contributed by atoms with van der Waals surface area (Å²) in [6, 6.07) is 18.8. The Bertz CT molecular complexity index is 820. The third-order valence-electron chi connectivity index (χ3n) is 6.01. The number of benzene rings is 2. The molecule has 1 aliphatic heterocycles. The highest BCUT2D eigenvalue weighted by atomic mass is 16.5. The van der Waals surface area contributed by atoms with Crippen molar-refractivity contribution in [2.45, 2.75) is 32.1 Å². The van der Waals surface area contributed by atoms with Gasteiger partial charge < -0.3 is 25.2 Å². The number of hydrogen-bond acceptors (Lipinski definition) is 4. The Kier molecular flexibility index (Phi) is 9.85. The lowest BCUT2D eigenvalue weighted by atomic mass is 9.84. The fourth-order valence-electron chi connectivity index (χ4n) is 4.03. The fourth-order valence-corrected chi connectivity index (χ4v) is 4.03. The van der Waals surface area contributed by atoms with Crippen LogP contribution in [0.4, 0.5) is 0 Å². The molecule has 0 aliphatic carbocycles. The summed E-state index contributed by atoms with van der Waals surface area (Å²) in [7, 11) is 1.78. The molecule has 1 heterocycles. The summed E-state index contributed by atoms with van der Waals surface area (Å²) in [6.07, 6.45) is 4.63. The number of aryl methyl sites for hydroxylation is 1. The predicted octanol–water partition coefficient (Wildman–Crippen LogP) is 3.19. The lowest BCUT2D eigenvalue weighted by molar-refractivity contribution is 0.127. The summed E-state index contributed by atoms with van der Waals surface area (Å²) < 4.78 is 11.5. The smallest absolute Gasteiger partial charge is 0.191 e. The van der Waals surface area contributed by atoms with Gasteiger partial charge in [-0.25, -0.2) is 0 Å². The summed E-state index contributed by atoms with van der Waals surface area (Å²) in [5, 5.41) is 16.2. The van der Waals surface area contributed by atoms with E-state index in [-0.39, 0.29) is 12.0 Å². The van der Waals surface area contributed by atoms with Gasteiger partial charge in [-0.3, -0.25) is 4.99 Å². The fraction of sp³-hybridized carbons (Fsp3) is 0.500. The number of nitrogens with one attached hydrogen (secondary N) is 2. The number of aliphatic imine (C=N–C) groups is 1. The molecule has 3 rings (SSSR count). The Labute approximate surface area is 192 Å². The molecule has 0 bridgehead atoms. The van der Waals surface area contributed by atoms with E-state index in [4.69, 9.17) is 9.47 Å². The first-order valence-electron chi connectivity index (χ1n) is 11.6. The van der Waals surface area contributed by atoms with Crippen molar-refractivity contribution in [3.63, 3.8) is 0 Å². The van der Waals surface area contributed by atoms with Crippen molar-refractivity contribution in [2.75, 3.05) is 46.6 Å². The van der Waals surface area contributed by atoms with Gasteiger partial charge in [-0.15, -0.1) is 0 Å². The van der Waals surface area contributed by atoms with Crippen LogP contribution in [0, 0.1) is 5.41 Å². The second-order valence-corrected chi connectivity index (χ2v) is 8.46. The Morgan fingerprint density at radius 1 is 1.09 bits per heavy atom. The number of rotatable bonds is 12. The maximum Gasteiger partial charge on any atom is 0.191 e. The summed E-state index contributed by atoms with van der Waals surface area (Å²) in [6.45, 7) is 3.88. The molecule has 1 aliphatic rings. The maximum absolute atomic E-state index is 9.39. The second kappa shape index (κ2) is 13.1. The van der Waals surface area contributed by atoms with Gasteiger partial charge in [0.2, 0.25) is 0 Å². The molecule has 0 spiro atoms. The minimum atomic E-state index is -0.00144. The van der Waals surface area contributed by atoms with Gasteiger partial charge in [0.1, 0.15) is 5.75 Å². The molecular formula is C26H37N3O3. The SMILES string of the molecule is CN=C(NCCc1cccc(OCCCc2ccccc2)c1)NCC1(CCO)CCOC1. The van der Waals surface area contributed by atoms with Crippen molar-refractivity contribution < 1.29 is 14.6 Å². The molecule has 2 aromatic carbocycles. The van der Waals surface area contributed by atoms with E-state index < -0.39 is 0 Å². The van der Waals surface area contributed by atoms with Gasteiger partial charge in [-0.2, -0.15) is 0 Å². The van der Waals surface area contributed by atoms with Crippen molar-refractivity contribution in [3.05, 3.63) is 65.7 Å². The number of hydrogen-bond donors (Lipinski definition) is 3. The number of guanidine groups is 1. The van der Waals surface area contributed by atoms with Crippen LogP contribution >= 0.6 is 0 Å². The summed E-state index contributed by atoms with van der Waals surface area (Å²) >= 11 is 0. The molecule has 0 saturated carbocycles. The van der Waals surface area contributed by atoms with Crippen molar-refractivity contribution in [1.82, 2.24) is 10.6 Å². The third-order valence-corrected chi connectivity index (χ3v) is 6.01. The standard InChI is InChI=1S/C26H37N3O3/c1-27-25(29-20-26(13-16-30)14-18-31-21-26)28-15-12-23-9-5-11-24(19-23)32-17-6-10-22-7-3-2-4-8-22/h2-5,7-9,11,19,30H,6,10,12-18,20-21H2,1H3,(H2,27,28,29). The zero-order valence-electron chi connectivity index (χ0n) is 19.2. The lowest BCUT2D eigenvalue weighted by Gasteiger charge is -2.27. The van der Waals surface area contributed by atoms with E-state index in [9.17, 15) is 5.11 Å². The van der Waals surface area contributed by atoms with Gasteiger partial charge in [0.15, 0.2) is 5.96 Å². The van der Waals surface area contributed by atoms with Gasteiger partial charge in [-0.05, 0) is 55.4 Å². The lowest BCUT2D eigenvalue weighted by Crippen LogP contribution is -2.45. The van der Waals surface area contributed by atoms with E-state index in [1.807, 2.05) is 18.2 Å². The van der Waals surface area contributed by atoms with Crippen molar-refractivity contribution >= 4 is 5.96 Å². The molecule has 1 unspecified atom stereocenters. The van der Waals surface area contributed by atoms with Crippen molar-refractivity contribution in [3.8, 4) is 5.75 Å². The minimum absolute atomic E-state index is 0.00144. The largest absolute Gasteiger partial charge is 0.494 e. The van der Waals surface area contributed by atoms with E-state index in [0.29, 0.717) is 13.2 Å². The first kappa shape index (κ1) is 24.1. The molecule has 0 amide bonds. The number of aliphatic hydroxyl groups is 1. The summed E-state index contributed by atoms with van der Waals surface area (Å²) in [5.74, 6) is 1.70. The molecule has 1 atom stereocenters. The van der Waals surface area contributed by atoms with E-state index >= 15 is 0 Å². The van der Waals surface area contributed by atoms with Crippen LogP contribution < -0.4 is 15.4 Å². The van der Waals surface area contributed by atoms with E-state index in [2.05, 4.69) is 52.0 Å². The molecule has 0 aromatic heterocycles. The average Bonchev–Trinajstić information content (AvgIpc) is 3.29. The molecule has 3 N–H and O–H groups in total. The molecule has 6 nitrogen and oxygen atoms in total. The van der Waals surface area contributed by atoms with Crippen LogP contribution in [0.2, 0.25) is 0 Å². The van der Waals surface area contributed by atoms with E-state index in [1.165, 1.54) is 11.1 Å². The molecule has 0 radical (unpaired) electrons. The van der Waals surface area contributed by atoms with Gasteiger partial charge >= 0.3 is 0 Å². The zero-order chi connectivity index (χ0) is 22.5. The Morgan fingerprint density at radius 3 is 2.69 bits per heavy atom. The third kappa shape index (κ3) is 7.84. The normalized spacial score (nSPS) is 18.5. The molecule has 1 fully saturated rings. The van der Waals surface area contributed by atoms with E-state index in [0.717, 1.165) is 63.5 Å². The number of nitrogens with zero attached hydrogens (tertiary/aromatic N) is 1. The van der Waals surface area contributed by atoms with Crippen molar-refractivity contribution in [1.29, 1.82) is 0 Å². The monoisotopic (exact) mass is 439 g/mol. The predicted molar refractivity (Wildman–Crippen MR) is 129 cm³/mol. The first-order chi connectivity index (χ1) is 15.7. The van der Waals surface area contributed by atoms with Gasteiger partial charge in [-0.1, -0.05) is 42.5 Å². The minimum Gasteiger partial charge on any atom is -0.494 e. The zero-order valence-corrected chi connectivity index (χ0v) is 19.2. The van der Waals surface area contributed by atoms with Crippen LogP contribution in [0.3, 0.4) is 0 Å². The van der Waals surface area contributed by atoms with Crippen LogP contribution in [0.1, 0.15) is 30.4 Å². The molecule has 1 saturated heterocycles. The molecule has 6 heteroatoms. The van der Waals surface area contributed by atoms with Crippen molar-refractivity contribution in [2.24, 2.45) is 10.4 Å². The summed E-state index contributed by atoms with van der Waals surface area (Å²) in [4.78, 5) is 4.33. The maximum atomic E-state index is 9.39. The van der Waals surface area contributed by atoms with Crippen LogP contribution in [0.25, 0.3) is 0 Å². The number of ether oxygens (including phenoxy) is 2. The van der Waals surface area contributed by atoms with Gasteiger partial charge in [0.25, 0.3) is 0 Å². The Hall–Kier alpha value is -2.57. The van der Waals surface area contributed by atoms with Gasteiger partial charge in [0, 0.05) is 38.8 Å². The second-order valence-electron chi connectivity index (χ2n) is 8.46. The highest BCUT2D eigenvalue weighted by Gasteiger charge is 2.34. The van der Waals surface area contributed by atoms with Crippen LogP contribution in [-0.2, 0) is 17.6 Å². The first-order valence-corrected chi connectivity index (χ1v) is 11.6. The quantitative estimate of drug-likeness (QED) is 0.269. The molecule has 2 aromatic rings. The van der Waals surface area contributed by atoms with Gasteiger partial charge in [0.05, 0.1) is 13.2 Å². The van der Waals surface area contributed by atoms with Crippen LogP contribution in [0.5, 0.6) is 5.75 Å². The number of aliphatic hydroxyl groups excluding tert-OH is 1. The Morgan fingerprint density at radius 2 is 1.94 bits per heavy atom. The molecular weight excluding hydrogens is 402 g/mol. The van der Waals surface area contributed by atoms with Crippen LogP contribution in [0.15, 0.2) is 59.6 Å².